The minimum atomic E-state index is -0.0358. The van der Waals surface area contributed by atoms with Crippen LogP contribution in [-0.2, 0) is 0 Å². The molecule has 2 N–H and O–H groups in total. The van der Waals surface area contributed by atoms with Crippen molar-refractivity contribution in [2.75, 3.05) is 6.61 Å². The second-order valence-electron chi connectivity index (χ2n) is 4.93. The summed E-state index contributed by atoms with van der Waals surface area (Å²) in [7, 11) is 0. The first-order valence-electron chi connectivity index (χ1n) is 6.34. The monoisotopic (exact) mass is 253 g/mol. The Labute approximate surface area is 108 Å². The molecule has 2 nitrogen and oxygen atoms in total. The number of hydrogen-bond donors (Lipinski definition) is 1. The number of hydrogen-bond acceptors (Lipinski definition) is 2. The van der Waals surface area contributed by atoms with Crippen LogP contribution < -0.4 is 10.5 Å². The third kappa shape index (κ3) is 3.36. The number of ether oxygens (including phenoxy) is 1. The van der Waals surface area contributed by atoms with Crippen molar-refractivity contribution in [3.05, 3.63) is 28.8 Å². The van der Waals surface area contributed by atoms with Crippen LogP contribution in [0.5, 0.6) is 5.75 Å². The molecule has 0 aliphatic heterocycles. The average Bonchev–Trinajstić information content (AvgIpc) is 2.78. The highest BCUT2D eigenvalue weighted by Crippen LogP contribution is 2.28. The molecule has 0 saturated heterocycles. The number of nitrogens with two attached hydrogens (primary N) is 1. The maximum Gasteiger partial charge on any atom is 0.120 e. The van der Waals surface area contributed by atoms with Gasteiger partial charge in [0.1, 0.15) is 5.75 Å². The van der Waals surface area contributed by atoms with E-state index in [0.29, 0.717) is 5.02 Å². The van der Waals surface area contributed by atoms with Gasteiger partial charge in [-0.05, 0) is 43.4 Å². The first-order chi connectivity index (χ1) is 8.16. The normalized spacial score (nSPS) is 18.3. The molecule has 1 atom stereocenters. The topological polar surface area (TPSA) is 35.2 Å². The fraction of sp³-hybridized carbons (Fsp3) is 0.571. The van der Waals surface area contributed by atoms with Crippen LogP contribution in [0.15, 0.2) is 18.2 Å². The van der Waals surface area contributed by atoms with Gasteiger partial charge >= 0.3 is 0 Å². The van der Waals surface area contributed by atoms with Crippen molar-refractivity contribution in [2.24, 2.45) is 11.7 Å². The van der Waals surface area contributed by atoms with Crippen LogP contribution in [0, 0.1) is 5.92 Å². The van der Waals surface area contributed by atoms with Crippen LogP contribution in [0.25, 0.3) is 0 Å². The summed E-state index contributed by atoms with van der Waals surface area (Å²) in [5.41, 5.74) is 6.78. The fourth-order valence-electron chi connectivity index (χ4n) is 2.36. The lowest BCUT2D eigenvalue weighted by atomic mass is 10.1. The Bertz CT molecular complexity index is 372. The van der Waals surface area contributed by atoms with E-state index < -0.39 is 0 Å². The van der Waals surface area contributed by atoms with Crippen molar-refractivity contribution in [1.29, 1.82) is 0 Å². The van der Waals surface area contributed by atoms with E-state index in [1.54, 1.807) is 0 Å². The van der Waals surface area contributed by atoms with Gasteiger partial charge in [-0.3, -0.25) is 0 Å². The van der Waals surface area contributed by atoms with Gasteiger partial charge in [-0.1, -0.05) is 30.5 Å². The van der Waals surface area contributed by atoms with Crippen LogP contribution in [0.3, 0.4) is 0 Å². The molecule has 0 spiro atoms. The smallest absolute Gasteiger partial charge is 0.120 e. The van der Waals surface area contributed by atoms with E-state index in [-0.39, 0.29) is 6.04 Å². The lowest BCUT2D eigenvalue weighted by Gasteiger charge is -2.13. The van der Waals surface area contributed by atoms with E-state index in [9.17, 15) is 0 Å². The molecule has 94 valence electrons. The van der Waals surface area contributed by atoms with Crippen LogP contribution in [0.2, 0.25) is 5.02 Å². The van der Waals surface area contributed by atoms with Crippen LogP contribution >= 0.6 is 11.6 Å². The maximum absolute atomic E-state index is 6.16. The lowest BCUT2D eigenvalue weighted by molar-refractivity contribution is 0.252. The zero-order chi connectivity index (χ0) is 12.3. The number of rotatable bonds is 4. The van der Waals surface area contributed by atoms with Gasteiger partial charge in [-0.2, -0.15) is 0 Å². The Balaban J connectivity index is 1.94. The minimum Gasteiger partial charge on any atom is -0.493 e. The predicted molar refractivity (Wildman–Crippen MR) is 71.5 cm³/mol. The van der Waals surface area contributed by atoms with E-state index in [2.05, 4.69) is 0 Å². The van der Waals surface area contributed by atoms with Crippen molar-refractivity contribution in [2.45, 2.75) is 38.6 Å². The first kappa shape index (κ1) is 12.7. The Morgan fingerprint density at radius 3 is 2.71 bits per heavy atom. The highest BCUT2D eigenvalue weighted by molar-refractivity contribution is 6.31. The molecule has 1 aliphatic carbocycles. The molecular formula is C14H20ClNO. The van der Waals surface area contributed by atoms with E-state index in [0.717, 1.165) is 23.8 Å². The van der Waals surface area contributed by atoms with Gasteiger partial charge in [0.05, 0.1) is 6.61 Å². The summed E-state index contributed by atoms with van der Waals surface area (Å²) < 4.78 is 5.78. The number of halogens is 1. The Hall–Kier alpha value is -0.730. The summed E-state index contributed by atoms with van der Waals surface area (Å²) in [6.07, 6.45) is 5.29. The summed E-state index contributed by atoms with van der Waals surface area (Å²) in [5.74, 6) is 1.58. The SMILES string of the molecule is CC(N)c1ccc(OCC2CCCC2)cc1Cl. The quantitative estimate of drug-likeness (QED) is 0.883. The molecular weight excluding hydrogens is 234 g/mol. The molecule has 2 rings (SSSR count). The van der Waals surface area contributed by atoms with Gasteiger partial charge < -0.3 is 10.5 Å². The highest BCUT2D eigenvalue weighted by Gasteiger charge is 2.15. The lowest BCUT2D eigenvalue weighted by Crippen LogP contribution is -2.09. The Kier molecular flexibility index (Phi) is 4.30. The van der Waals surface area contributed by atoms with Crippen LogP contribution in [0.1, 0.15) is 44.2 Å². The molecule has 1 unspecified atom stereocenters. The summed E-state index contributed by atoms with van der Waals surface area (Å²) in [4.78, 5) is 0. The van der Waals surface area contributed by atoms with Crippen molar-refractivity contribution in [3.63, 3.8) is 0 Å². The summed E-state index contributed by atoms with van der Waals surface area (Å²) in [6.45, 7) is 2.74. The van der Waals surface area contributed by atoms with Gasteiger partial charge in [0, 0.05) is 11.1 Å². The van der Waals surface area contributed by atoms with E-state index in [4.69, 9.17) is 22.1 Å². The van der Waals surface area contributed by atoms with Crippen molar-refractivity contribution in [1.82, 2.24) is 0 Å². The molecule has 3 heteroatoms. The molecule has 0 radical (unpaired) electrons. The third-order valence-corrected chi connectivity index (χ3v) is 3.75. The minimum absolute atomic E-state index is 0.0358. The third-order valence-electron chi connectivity index (χ3n) is 3.42. The van der Waals surface area contributed by atoms with E-state index in [1.807, 2.05) is 25.1 Å². The molecule has 0 amide bonds. The summed E-state index contributed by atoms with van der Waals surface area (Å²) in [6, 6.07) is 5.75. The van der Waals surface area contributed by atoms with E-state index in [1.165, 1.54) is 25.7 Å². The Morgan fingerprint density at radius 2 is 2.12 bits per heavy atom. The van der Waals surface area contributed by atoms with Crippen molar-refractivity contribution < 1.29 is 4.74 Å². The molecule has 0 heterocycles. The predicted octanol–water partition coefficient (Wildman–Crippen LogP) is 3.93. The van der Waals surface area contributed by atoms with Crippen LogP contribution in [-0.4, -0.2) is 6.61 Å². The highest BCUT2D eigenvalue weighted by atomic mass is 35.5. The molecule has 1 fully saturated rings. The van der Waals surface area contributed by atoms with Gasteiger partial charge in [-0.15, -0.1) is 0 Å². The standard InChI is InChI=1S/C14H20ClNO/c1-10(16)13-7-6-12(8-14(13)15)17-9-11-4-2-3-5-11/h6-8,10-11H,2-5,9,16H2,1H3. The molecule has 1 aromatic carbocycles. The van der Waals surface area contributed by atoms with Gasteiger partial charge in [0.25, 0.3) is 0 Å². The summed E-state index contributed by atoms with van der Waals surface area (Å²) >= 11 is 6.16. The molecule has 1 aromatic rings. The molecule has 1 saturated carbocycles. The summed E-state index contributed by atoms with van der Waals surface area (Å²) in [5, 5.41) is 0.698. The zero-order valence-electron chi connectivity index (χ0n) is 10.3. The fourth-order valence-corrected chi connectivity index (χ4v) is 2.70. The Morgan fingerprint density at radius 1 is 1.41 bits per heavy atom. The second kappa shape index (κ2) is 5.74. The zero-order valence-corrected chi connectivity index (χ0v) is 11.0. The molecule has 1 aliphatic rings. The van der Waals surface area contributed by atoms with Crippen molar-refractivity contribution >= 4 is 11.6 Å². The first-order valence-corrected chi connectivity index (χ1v) is 6.72. The largest absolute Gasteiger partial charge is 0.493 e. The molecule has 17 heavy (non-hydrogen) atoms. The van der Waals surface area contributed by atoms with Crippen molar-refractivity contribution in [3.8, 4) is 5.75 Å². The number of benzene rings is 1. The second-order valence-corrected chi connectivity index (χ2v) is 5.34. The van der Waals surface area contributed by atoms with Gasteiger partial charge in [0.2, 0.25) is 0 Å². The molecule has 0 aromatic heterocycles. The van der Waals surface area contributed by atoms with Gasteiger partial charge in [0.15, 0.2) is 0 Å². The van der Waals surface area contributed by atoms with Gasteiger partial charge in [-0.25, -0.2) is 0 Å². The van der Waals surface area contributed by atoms with E-state index >= 15 is 0 Å². The van der Waals surface area contributed by atoms with Crippen LogP contribution in [0.4, 0.5) is 0 Å². The molecule has 0 bridgehead atoms. The maximum atomic E-state index is 6.16. The average molecular weight is 254 g/mol.